The number of ether oxygens (including phenoxy) is 1. The summed E-state index contributed by atoms with van der Waals surface area (Å²) < 4.78 is 43.2. The molecule has 0 saturated carbocycles. The van der Waals surface area contributed by atoms with Gasteiger partial charge in [0.05, 0.1) is 0 Å². The average Bonchev–Trinajstić information content (AvgIpc) is 2.28. The van der Waals surface area contributed by atoms with E-state index in [0.717, 1.165) is 6.07 Å². The quantitative estimate of drug-likeness (QED) is 0.801. The predicted octanol–water partition coefficient (Wildman–Crippen LogP) is 4.55. The summed E-state index contributed by atoms with van der Waals surface area (Å²) in [5.41, 5.74) is -0.926. The molecule has 0 saturated heterocycles. The van der Waals surface area contributed by atoms with Gasteiger partial charge in [-0.1, -0.05) is 17.7 Å². The molecule has 2 aromatic rings. The molecule has 0 amide bonds. The van der Waals surface area contributed by atoms with Crippen molar-refractivity contribution in [2.24, 2.45) is 0 Å². The van der Waals surface area contributed by atoms with Crippen LogP contribution in [0.3, 0.4) is 0 Å². The molecular formula is C12H7ClF3NO. The lowest BCUT2D eigenvalue weighted by Gasteiger charge is -2.12. The van der Waals surface area contributed by atoms with Crippen LogP contribution in [-0.4, -0.2) is 4.98 Å². The number of benzene rings is 1. The van der Waals surface area contributed by atoms with Crippen molar-refractivity contribution in [2.45, 2.75) is 6.18 Å². The van der Waals surface area contributed by atoms with Gasteiger partial charge in [0, 0.05) is 11.2 Å². The predicted molar refractivity (Wildman–Crippen MR) is 60.8 cm³/mol. The van der Waals surface area contributed by atoms with Crippen LogP contribution < -0.4 is 4.74 Å². The summed E-state index contributed by atoms with van der Waals surface area (Å²) in [5, 5.41) is 0.372. The zero-order chi connectivity index (χ0) is 13.2. The summed E-state index contributed by atoms with van der Waals surface area (Å²) in [6, 6.07) is 8.20. The Morgan fingerprint density at radius 2 is 1.89 bits per heavy atom. The molecule has 1 heterocycles. The lowest BCUT2D eigenvalue weighted by molar-refractivity contribution is -0.138. The molecule has 0 atom stereocenters. The van der Waals surface area contributed by atoms with Crippen molar-refractivity contribution in [3.05, 3.63) is 53.2 Å². The molecule has 0 bridgehead atoms. The van der Waals surface area contributed by atoms with E-state index in [-0.39, 0.29) is 5.75 Å². The second kappa shape index (κ2) is 4.86. The van der Waals surface area contributed by atoms with E-state index in [2.05, 4.69) is 4.98 Å². The van der Waals surface area contributed by atoms with Crippen LogP contribution >= 0.6 is 11.6 Å². The first kappa shape index (κ1) is 12.7. The van der Waals surface area contributed by atoms with E-state index in [1.807, 2.05) is 0 Å². The van der Waals surface area contributed by atoms with Gasteiger partial charge in [-0.2, -0.15) is 13.2 Å². The van der Waals surface area contributed by atoms with E-state index in [0.29, 0.717) is 5.02 Å². The fourth-order valence-corrected chi connectivity index (χ4v) is 1.51. The fourth-order valence-electron chi connectivity index (χ4n) is 1.33. The fraction of sp³-hybridized carbons (Fsp3) is 0.0833. The highest BCUT2D eigenvalue weighted by Crippen LogP contribution is 2.36. The molecule has 0 unspecified atom stereocenters. The van der Waals surface area contributed by atoms with Crippen molar-refractivity contribution in [2.75, 3.05) is 0 Å². The van der Waals surface area contributed by atoms with Crippen molar-refractivity contribution < 1.29 is 17.9 Å². The summed E-state index contributed by atoms with van der Waals surface area (Å²) in [5.74, 6) is -0.293. The van der Waals surface area contributed by atoms with Crippen LogP contribution in [0.5, 0.6) is 11.6 Å². The van der Waals surface area contributed by atoms with Crippen LogP contribution in [0.25, 0.3) is 0 Å². The highest BCUT2D eigenvalue weighted by Gasteiger charge is 2.35. The van der Waals surface area contributed by atoms with Crippen LogP contribution in [0, 0.1) is 0 Å². The lowest BCUT2D eigenvalue weighted by Crippen LogP contribution is -2.08. The molecule has 0 spiro atoms. The molecule has 0 aliphatic carbocycles. The number of halogens is 4. The summed E-state index contributed by atoms with van der Waals surface area (Å²) in [6.07, 6.45) is -3.28. The third-order valence-corrected chi connectivity index (χ3v) is 2.32. The van der Waals surface area contributed by atoms with E-state index < -0.39 is 17.6 Å². The lowest BCUT2D eigenvalue weighted by atomic mass is 10.2. The van der Waals surface area contributed by atoms with Gasteiger partial charge >= 0.3 is 6.18 Å². The van der Waals surface area contributed by atoms with Crippen LogP contribution in [0.4, 0.5) is 13.2 Å². The van der Waals surface area contributed by atoms with Gasteiger partial charge < -0.3 is 4.74 Å². The van der Waals surface area contributed by atoms with Crippen LogP contribution in [0.2, 0.25) is 5.02 Å². The third kappa shape index (κ3) is 2.92. The topological polar surface area (TPSA) is 22.1 Å². The largest absolute Gasteiger partial charge is 0.438 e. The second-order valence-corrected chi connectivity index (χ2v) is 3.85. The molecule has 2 rings (SSSR count). The molecule has 0 aliphatic rings. The van der Waals surface area contributed by atoms with Crippen molar-refractivity contribution in [3.8, 4) is 11.6 Å². The second-order valence-electron chi connectivity index (χ2n) is 3.41. The average molecular weight is 274 g/mol. The molecule has 1 aromatic heterocycles. The van der Waals surface area contributed by atoms with Gasteiger partial charge in [0.2, 0.25) is 5.88 Å². The van der Waals surface area contributed by atoms with Gasteiger partial charge in [-0.3, -0.25) is 0 Å². The van der Waals surface area contributed by atoms with E-state index in [4.69, 9.17) is 16.3 Å². The molecule has 94 valence electrons. The highest BCUT2D eigenvalue weighted by molar-refractivity contribution is 6.30. The summed E-state index contributed by atoms with van der Waals surface area (Å²) in [6.45, 7) is 0. The Bertz CT molecular complexity index is 557. The van der Waals surface area contributed by atoms with E-state index in [1.54, 1.807) is 12.1 Å². The number of hydrogen-bond donors (Lipinski definition) is 0. The molecule has 6 heteroatoms. The molecule has 0 aliphatic heterocycles. The Balaban J connectivity index is 2.35. The van der Waals surface area contributed by atoms with E-state index in [1.165, 1.54) is 24.4 Å². The third-order valence-electron chi connectivity index (χ3n) is 2.09. The van der Waals surface area contributed by atoms with Gasteiger partial charge in [0.25, 0.3) is 0 Å². The van der Waals surface area contributed by atoms with Crippen LogP contribution in [0.15, 0.2) is 42.6 Å². The summed E-state index contributed by atoms with van der Waals surface area (Å²) in [7, 11) is 0. The summed E-state index contributed by atoms with van der Waals surface area (Å²) >= 11 is 5.72. The standard InChI is InChI=1S/C12H7ClF3NO/c13-8-3-1-4-9(7-8)18-11-10(12(14,15)16)5-2-6-17-11/h1-7H. The van der Waals surface area contributed by atoms with Gasteiger partial charge in [-0.25, -0.2) is 4.98 Å². The SMILES string of the molecule is FC(F)(F)c1cccnc1Oc1cccc(Cl)c1. The number of pyridine rings is 1. The maximum Gasteiger partial charge on any atom is 0.421 e. The van der Waals surface area contributed by atoms with Gasteiger partial charge in [0.15, 0.2) is 0 Å². The monoisotopic (exact) mass is 273 g/mol. The maximum atomic E-state index is 12.7. The zero-order valence-electron chi connectivity index (χ0n) is 8.91. The number of rotatable bonds is 2. The highest BCUT2D eigenvalue weighted by atomic mass is 35.5. The van der Waals surface area contributed by atoms with Gasteiger partial charge in [-0.05, 0) is 30.3 Å². The van der Waals surface area contributed by atoms with Gasteiger partial charge in [-0.15, -0.1) is 0 Å². The number of alkyl halides is 3. The normalized spacial score (nSPS) is 11.3. The first-order chi connectivity index (χ1) is 8.47. The molecule has 2 nitrogen and oxygen atoms in total. The molecule has 0 radical (unpaired) electrons. The maximum absolute atomic E-state index is 12.7. The van der Waals surface area contributed by atoms with Crippen molar-refractivity contribution in [1.82, 2.24) is 4.98 Å². The van der Waals surface area contributed by atoms with Crippen molar-refractivity contribution >= 4 is 11.6 Å². The van der Waals surface area contributed by atoms with Crippen LogP contribution in [-0.2, 0) is 6.18 Å². The smallest absolute Gasteiger partial charge is 0.421 e. The Kier molecular flexibility index (Phi) is 3.43. The molecular weight excluding hydrogens is 267 g/mol. The first-order valence-electron chi connectivity index (χ1n) is 4.92. The summed E-state index contributed by atoms with van der Waals surface area (Å²) in [4.78, 5) is 3.58. The minimum atomic E-state index is -4.51. The number of hydrogen-bond acceptors (Lipinski definition) is 2. The van der Waals surface area contributed by atoms with Crippen molar-refractivity contribution in [3.63, 3.8) is 0 Å². The van der Waals surface area contributed by atoms with Gasteiger partial charge in [0.1, 0.15) is 11.3 Å². The molecule has 0 fully saturated rings. The minimum absolute atomic E-state index is 0.201. The van der Waals surface area contributed by atoms with Crippen LogP contribution in [0.1, 0.15) is 5.56 Å². The Morgan fingerprint density at radius 3 is 2.56 bits per heavy atom. The molecule has 1 aromatic carbocycles. The number of nitrogens with zero attached hydrogens (tertiary/aromatic N) is 1. The molecule has 18 heavy (non-hydrogen) atoms. The first-order valence-corrected chi connectivity index (χ1v) is 5.30. The van der Waals surface area contributed by atoms with Crippen molar-refractivity contribution in [1.29, 1.82) is 0 Å². The Hall–Kier alpha value is -1.75. The Labute approximate surface area is 106 Å². The number of aromatic nitrogens is 1. The van der Waals surface area contributed by atoms with E-state index in [9.17, 15) is 13.2 Å². The van der Waals surface area contributed by atoms with E-state index >= 15 is 0 Å². The Morgan fingerprint density at radius 1 is 1.11 bits per heavy atom. The minimum Gasteiger partial charge on any atom is -0.438 e. The molecule has 0 N–H and O–H groups in total. The zero-order valence-corrected chi connectivity index (χ0v) is 9.66.